The molecule has 0 radical (unpaired) electrons. The molecule has 0 spiro atoms. The first-order valence-corrected chi connectivity index (χ1v) is 8.81. The number of carbonyl (C=O) groups is 2. The van der Waals surface area contributed by atoms with Gasteiger partial charge in [-0.1, -0.05) is 29.8 Å². The topological polar surface area (TPSA) is 76.0 Å². The smallest absolute Gasteiger partial charge is 0.260 e. The van der Waals surface area contributed by atoms with Crippen LogP contribution in [0.5, 0.6) is 0 Å². The van der Waals surface area contributed by atoms with Gasteiger partial charge in [-0.15, -0.1) is 11.8 Å². The van der Waals surface area contributed by atoms with E-state index in [-0.39, 0.29) is 24.1 Å². The van der Waals surface area contributed by atoms with Crippen LogP contribution in [-0.2, 0) is 21.9 Å². The summed E-state index contributed by atoms with van der Waals surface area (Å²) in [4.78, 5) is 23.6. The van der Waals surface area contributed by atoms with Gasteiger partial charge in [0.25, 0.3) is 5.91 Å². The summed E-state index contributed by atoms with van der Waals surface area (Å²) >= 11 is 1.50. The van der Waals surface area contributed by atoms with Gasteiger partial charge in [-0.25, -0.2) is 0 Å². The Labute approximate surface area is 146 Å². The van der Waals surface area contributed by atoms with Gasteiger partial charge in [0.05, 0.1) is 11.4 Å². The van der Waals surface area contributed by atoms with Crippen LogP contribution in [0.1, 0.15) is 22.5 Å². The summed E-state index contributed by atoms with van der Waals surface area (Å²) in [6.45, 7) is 5.87. The summed E-state index contributed by atoms with van der Waals surface area (Å²) < 4.78 is 1.60. The maximum Gasteiger partial charge on any atom is 0.260 e. The van der Waals surface area contributed by atoms with E-state index in [0.717, 1.165) is 17.1 Å². The molecule has 128 valence electrons. The SMILES string of the molecule is Cc1cccc(CSCC(=O)NNC(=O)Cn2nc(C)cc2C)c1. The zero-order valence-electron chi connectivity index (χ0n) is 14.1. The fraction of sp³-hybridized carbons (Fsp3) is 0.353. The van der Waals surface area contributed by atoms with Crippen LogP contribution in [0.3, 0.4) is 0 Å². The summed E-state index contributed by atoms with van der Waals surface area (Å²) in [6.07, 6.45) is 0. The van der Waals surface area contributed by atoms with Crippen molar-refractivity contribution < 1.29 is 9.59 Å². The summed E-state index contributed by atoms with van der Waals surface area (Å²) in [5, 5.41) is 4.21. The number of amides is 2. The lowest BCUT2D eigenvalue weighted by Crippen LogP contribution is -2.44. The predicted octanol–water partition coefficient (Wildman–Crippen LogP) is 1.89. The first kappa shape index (κ1) is 18.1. The Hall–Kier alpha value is -2.28. The minimum Gasteiger partial charge on any atom is -0.272 e. The molecule has 1 heterocycles. The minimum atomic E-state index is -0.307. The van der Waals surface area contributed by atoms with E-state index < -0.39 is 0 Å². The number of aromatic nitrogens is 2. The summed E-state index contributed by atoms with van der Waals surface area (Å²) in [5.41, 5.74) is 8.99. The summed E-state index contributed by atoms with van der Waals surface area (Å²) in [6, 6.07) is 10.1. The molecule has 0 aliphatic heterocycles. The van der Waals surface area contributed by atoms with E-state index in [1.165, 1.54) is 22.9 Å². The molecule has 0 unspecified atom stereocenters. The van der Waals surface area contributed by atoms with Gasteiger partial charge in [-0.3, -0.25) is 25.1 Å². The normalized spacial score (nSPS) is 10.5. The Kier molecular flexibility index (Phi) is 6.43. The fourth-order valence-electron chi connectivity index (χ4n) is 2.25. The van der Waals surface area contributed by atoms with Crippen LogP contribution in [0.2, 0.25) is 0 Å². The molecule has 0 fully saturated rings. The summed E-state index contributed by atoms with van der Waals surface area (Å²) in [5.74, 6) is 0.510. The van der Waals surface area contributed by atoms with Crippen LogP contribution in [0.15, 0.2) is 30.3 Å². The molecule has 2 aromatic rings. The molecule has 0 saturated carbocycles. The van der Waals surface area contributed by atoms with Crippen LogP contribution >= 0.6 is 11.8 Å². The van der Waals surface area contributed by atoms with Gasteiger partial charge >= 0.3 is 0 Å². The number of hydrogen-bond acceptors (Lipinski definition) is 4. The van der Waals surface area contributed by atoms with Crippen LogP contribution in [-0.4, -0.2) is 27.3 Å². The molecule has 7 heteroatoms. The number of rotatable bonds is 6. The van der Waals surface area contributed by atoms with Gasteiger partial charge in [0.1, 0.15) is 6.54 Å². The monoisotopic (exact) mass is 346 g/mol. The molecule has 0 bridgehead atoms. The number of hydrogen-bond donors (Lipinski definition) is 2. The van der Waals surface area contributed by atoms with Crippen molar-refractivity contribution in [3.05, 3.63) is 52.8 Å². The van der Waals surface area contributed by atoms with Crippen molar-refractivity contribution in [3.63, 3.8) is 0 Å². The number of hydrazine groups is 1. The molecule has 2 rings (SSSR count). The quantitative estimate of drug-likeness (QED) is 0.783. The number of nitrogens with zero attached hydrogens (tertiary/aromatic N) is 2. The molecule has 2 N–H and O–H groups in total. The molecule has 6 nitrogen and oxygen atoms in total. The van der Waals surface area contributed by atoms with Gasteiger partial charge < -0.3 is 0 Å². The fourth-order valence-corrected chi connectivity index (χ4v) is 3.02. The Balaban J connectivity index is 1.67. The van der Waals surface area contributed by atoms with Gasteiger partial charge in [0, 0.05) is 11.4 Å². The highest BCUT2D eigenvalue weighted by molar-refractivity contribution is 7.99. The maximum atomic E-state index is 11.8. The third-order valence-electron chi connectivity index (χ3n) is 3.32. The molecule has 2 amide bonds. The van der Waals surface area contributed by atoms with Crippen molar-refractivity contribution in [2.24, 2.45) is 0 Å². The van der Waals surface area contributed by atoms with E-state index in [0.29, 0.717) is 0 Å². The van der Waals surface area contributed by atoms with Gasteiger partial charge in [0.2, 0.25) is 5.91 Å². The number of thioether (sulfide) groups is 1. The Morgan fingerprint density at radius 1 is 1.12 bits per heavy atom. The van der Waals surface area contributed by atoms with E-state index in [2.05, 4.69) is 22.0 Å². The van der Waals surface area contributed by atoms with Crippen molar-refractivity contribution in [1.29, 1.82) is 0 Å². The summed E-state index contributed by atoms with van der Waals surface area (Å²) in [7, 11) is 0. The Bertz CT molecular complexity index is 727. The van der Waals surface area contributed by atoms with E-state index in [9.17, 15) is 9.59 Å². The van der Waals surface area contributed by atoms with Crippen LogP contribution < -0.4 is 10.9 Å². The second kappa shape index (κ2) is 8.54. The van der Waals surface area contributed by atoms with Crippen molar-refractivity contribution in [2.75, 3.05) is 5.75 Å². The highest BCUT2D eigenvalue weighted by Gasteiger charge is 2.08. The van der Waals surface area contributed by atoms with Crippen molar-refractivity contribution >= 4 is 23.6 Å². The molecule has 0 saturated heterocycles. The first-order valence-electron chi connectivity index (χ1n) is 7.66. The molecule has 0 aliphatic carbocycles. The van der Waals surface area contributed by atoms with Crippen molar-refractivity contribution in [3.8, 4) is 0 Å². The molecular weight excluding hydrogens is 324 g/mol. The lowest BCUT2D eigenvalue weighted by atomic mass is 10.2. The van der Waals surface area contributed by atoms with Crippen molar-refractivity contribution in [1.82, 2.24) is 20.6 Å². The lowest BCUT2D eigenvalue weighted by molar-refractivity contribution is -0.128. The average molecular weight is 346 g/mol. The molecular formula is C17H22N4O2S. The minimum absolute atomic E-state index is 0.0798. The maximum absolute atomic E-state index is 11.8. The molecule has 1 aromatic heterocycles. The molecule has 1 aromatic carbocycles. The molecule has 0 atom stereocenters. The number of carbonyl (C=O) groups excluding carboxylic acids is 2. The average Bonchev–Trinajstić information content (AvgIpc) is 2.83. The van der Waals surface area contributed by atoms with Gasteiger partial charge in [0.15, 0.2) is 0 Å². The highest BCUT2D eigenvalue weighted by Crippen LogP contribution is 2.13. The Morgan fingerprint density at radius 2 is 1.88 bits per heavy atom. The largest absolute Gasteiger partial charge is 0.272 e. The number of aryl methyl sites for hydroxylation is 3. The second-order valence-corrected chi connectivity index (χ2v) is 6.65. The third kappa shape index (κ3) is 5.73. The number of benzene rings is 1. The zero-order chi connectivity index (χ0) is 17.5. The second-order valence-electron chi connectivity index (χ2n) is 5.66. The van der Waals surface area contributed by atoms with E-state index >= 15 is 0 Å². The number of nitrogens with one attached hydrogen (secondary N) is 2. The van der Waals surface area contributed by atoms with Crippen LogP contribution in [0.25, 0.3) is 0 Å². The molecule has 0 aliphatic rings. The Morgan fingerprint density at radius 3 is 2.54 bits per heavy atom. The first-order chi connectivity index (χ1) is 11.4. The van der Waals surface area contributed by atoms with Gasteiger partial charge in [-0.05, 0) is 32.4 Å². The van der Waals surface area contributed by atoms with E-state index in [4.69, 9.17) is 0 Å². The third-order valence-corrected chi connectivity index (χ3v) is 4.33. The standard InChI is InChI=1S/C17H22N4O2S/c1-12-5-4-6-15(7-12)10-24-11-17(23)19-18-16(22)9-21-14(3)8-13(2)20-21/h4-8H,9-11H2,1-3H3,(H,18,22)(H,19,23). The van der Waals surface area contributed by atoms with E-state index in [1.807, 2.05) is 45.0 Å². The lowest BCUT2D eigenvalue weighted by Gasteiger charge is -2.08. The van der Waals surface area contributed by atoms with Gasteiger partial charge in [-0.2, -0.15) is 5.10 Å². The zero-order valence-corrected chi connectivity index (χ0v) is 14.9. The predicted molar refractivity (Wildman–Crippen MR) is 95.3 cm³/mol. The van der Waals surface area contributed by atoms with E-state index in [1.54, 1.807) is 4.68 Å². The molecule has 24 heavy (non-hydrogen) atoms. The highest BCUT2D eigenvalue weighted by atomic mass is 32.2. The van der Waals surface area contributed by atoms with Crippen LogP contribution in [0.4, 0.5) is 0 Å². The van der Waals surface area contributed by atoms with Crippen LogP contribution in [0, 0.1) is 20.8 Å². The van der Waals surface area contributed by atoms with Crippen molar-refractivity contribution in [2.45, 2.75) is 33.1 Å².